The first kappa shape index (κ1) is 14.7. The Morgan fingerprint density at radius 1 is 1.16 bits per heavy atom. The number of hydrogen-bond acceptors (Lipinski definition) is 3. The van der Waals surface area contributed by atoms with Gasteiger partial charge in [0.1, 0.15) is 0 Å². The van der Waals surface area contributed by atoms with Crippen LogP contribution >= 0.6 is 23.4 Å². The van der Waals surface area contributed by atoms with E-state index in [-0.39, 0.29) is 21.2 Å². The Morgan fingerprint density at radius 2 is 1.84 bits per heavy atom. The summed E-state index contributed by atoms with van der Waals surface area (Å²) in [5.41, 5.74) is 0.193. The molecule has 1 fully saturated rings. The molecule has 0 radical (unpaired) electrons. The first-order chi connectivity index (χ1) is 9.18. The van der Waals surface area contributed by atoms with E-state index in [2.05, 4.69) is 0 Å². The van der Waals surface area contributed by atoms with E-state index in [9.17, 15) is 10.1 Å². The Labute approximate surface area is 122 Å². The van der Waals surface area contributed by atoms with Gasteiger partial charge in [-0.1, -0.05) is 37.8 Å². The SMILES string of the molecule is O=[N+]([O-])c1ccccc1S[C@H]1CCCCCC[C@@H]1Cl. The lowest BCUT2D eigenvalue weighted by Gasteiger charge is -2.24. The smallest absolute Gasteiger partial charge is 0.258 e. The molecule has 0 spiro atoms. The highest BCUT2D eigenvalue weighted by Gasteiger charge is 2.24. The molecule has 1 aliphatic carbocycles. The number of halogens is 1. The minimum atomic E-state index is -0.311. The third-order valence-corrected chi connectivity index (χ3v) is 5.60. The summed E-state index contributed by atoms with van der Waals surface area (Å²) in [6, 6.07) is 6.94. The van der Waals surface area contributed by atoms with Gasteiger partial charge < -0.3 is 0 Å². The highest BCUT2D eigenvalue weighted by Crippen LogP contribution is 2.38. The lowest BCUT2D eigenvalue weighted by molar-refractivity contribution is -0.387. The van der Waals surface area contributed by atoms with Crippen LogP contribution in [0.3, 0.4) is 0 Å². The molecule has 0 unspecified atom stereocenters. The van der Waals surface area contributed by atoms with Crippen LogP contribution in [0.1, 0.15) is 38.5 Å². The maximum absolute atomic E-state index is 11.0. The van der Waals surface area contributed by atoms with Crippen LogP contribution in [0.25, 0.3) is 0 Å². The van der Waals surface area contributed by atoms with Gasteiger partial charge in [-0.15, -0.1) is 23.4 Å². The zero-order valence-electron chi connectivity index (χ0n) is 10.8. The van der Waals surface area contributed by atoms with E-state index in [0.29, 0.717) is 0 Å². The van der Waals surface area contributed by atoms with Crippen LogP contribution in [-0.4, -0.2) is 15.6 Å². The van der Waals surface area contributed by atoms with Gasteiger partial charge in [-0.2, -0.15) is 0 Å². The van der Waals surface area contributed by atoms with E-state index in [1.807, 2.05) is 12.1 Å². The normalized spacial score (nSPS) is 24.5. The Hall–Kier alpha value is -0.740. The molecular weight excluding hydrogens is 282 g/mol. The molecule has 0 saturated heterocycles. The summed E-state index contributed by atoms with van der Waals surface area (Å²) in [4.78, 5) is 11.5. The van der Waals surface area contributed by atoms with Gasteiger partial charge in [0.05, 0.1) is 9.82 Å². The van der Waals surface area contributed by atoms with Crippen molar-refractivity contribution in [2.45, 2.75) is 54.0 Å². The van der Waals surface area contributed by atoms with Crippen molar-refractivity contribution >= 4 is 29.1 Å². The molecule has 2 rings (SSSR count). The monoisotopic (exact) mass is 299 g/mol. The van der Waals surface area contributed by atoms with Crippen molar-refractivity contribution in [3.63, 3.8) is 0 Å². The molecule has 0 amide bonds. The highest BCUT2D eigenvalue weighted by atomic mass is 35.5. The lowest BCUT2D eigenvalue weighted by atomic mass is 10.0. The van der Waals surface area contributed by atoms with E-state index in [1.54, 1.807) is 23.9 Å². The predicted molar refractivity (Wildman–Crippen MR) is 80.1 cm³/mol. The molecule has 1 saturated carbocycles. The lowest BCUT2D eigenvalue weighted by Crippen LogP contribution is -2.19. The number of benzene rings is 1. The summed E-state index contributed by atoms with van der Waals surface area (Å²) < 4.78 is 0. The van der Waals surface area contributed by atoms with Gasteiger partial charge in [-0.05, 0) is 18.9 Å². The molecule has 3 nitrogen and oxygen atoms in total. The van der Waals surface area contributed by atoms with Crippen LogP contribution in [0.5, 0.6) is 0 Å². The third-order valence-electron chi connectivity index (χ3n) is 3.46. The standard InChI is InChI=1S/C14H18ClNO2S/c15-11-7-3-1-2-4-9-13(11)19-14-10-6-5-8-12(14)16(17)18/h5-6,8,10-11,13H,1-4,7,9H2/t11-,13-/m0/s1. The second-order valence-corrected chi connectivity index (χ2v) is 6.73. The maximum atomic E-state index is 11.0. The van der Waals surface area contributed by atoms with Crippen molar-refractivity contribution in [1.82, 2.24) is 0 Å². The van der Waals surface area contributed by atoms with Crippen molar-refractivity contribution in [2.75, 3.05) is 0 Å². The molecule has 19 heavy (non-hydrogen) atoms. The second-order valence-electron chi connectivity index (χ2n) is 4.89. The molecule has 2 atom stereocenters. The predicted octanol–water partition coefficient (Wildman–Crippen LogP) is 5.02. The van der Waals surface area contributed by atoms with Gasteiger partial charge in [0, 0.05) is 16.7 Å². The first-order valence-corrected chi connectivity index (χ1v) is 8.04. The molecule has 104 valence electrons. The van der Waals surface area contributed by atoms with Crippen LogP contribution in [0.2, 0.25) is 0 Å². The Balaban J connectivity index is 2.12. The summed E-state index contributed by atoms with van der Waals surface area (Å²) in [6.07, 6.45) is 6.90. The number of alkyl halides is 1. The van der Waals surface area contributed by atoms with Crippen LogP contribution in [0.4, 0.5) is 5.69 Å². The van der Waals surface area contributed by atoms with E-state index in [4.69, 9.17) is 11.6 Å². The van der Waals surface area contributed by atoms with Crippen molar-refractivity contribution in [3.8, 4) is 0 Å². The van der Waals surface area contributed by atoms with E-state index >= 15 is 0 Å². The van der Waals surface area contributed by atoms with Crippen LogP contribution in [0.15, 0.2) is 29.2 Å². The van der Waals surface area contributed by atoms with Crippen LogP contribution in [-0.2, 0) is 0 Å². The third kappa shape index (κ3) is 4.11. The zero-order valence-corrected chi connectivity index (χ0v) is 12.3. The van der Waals surface area contributed by atoms with Crippen molar-refractivity contribution in [2.24, 2.45) is 0 Å². The van der Waals surface area contributed by atoms with Gasteiger partial charge in [-0.3, -0.25) is 10.1 Å². The fourth-order valence-corrected chi connectivity index (χ4v) is 4.16. The molecule has 1 aromatic rings. The van der Waals surface area contributed by atoms with E-state index < -0.39 is 0 Å². The minimum absolute atomic E-state index is 0.116. The fourth-order valence-electron chi connectivity index (χ4n) is 2.41. The number of hydrogen-bond donors (Lipinski definition) is 0. The number of nitrogens with zero attached hydrogens (tertiary/aromatic N) is 1. The minimum Gasteiger partial charge on any atom is -0.258 e. The number of thioether (sulfide) groups is 1. The molecule has 1 aromatic carbocycles. The molecular formula is C14H18ClNO2S. The summed E-state index contributed by atoms with van der Waals surface area (Å²) in [5, 5.41) is 11.4. The quantitative estimate of drug-likeness (QED) is 0.447. The zero-order chi connectivity index (χ0) is 13.7. The summed E-state index contributed by atoms with van der Waals surface area (Å²) in [5.74, 6) is 0. The first-order valence-electron chi connectivity index (χ1n) is 6.72. The number of rotatable bonds is 3. The van der Waals surface area contributed by atoms with Gasteiger partial charge in [0.25, 0.3) is 5.69 Å². The van der Waals surface area contributed by atoms with E-state index in [1.165, 1.54) is 25.7 Å². The average Bonchev–Trinajstić information content (AvgIpc) is 2.39. The molecule has 0 N–H and O–H groups in total. The average molecular weight is 300 g/mol. The molecule has 1 aliphatic rings. The molecule has 0 aliphatic heterocycles. The second kappa shape index (κ2) is 7.15. The number of nitro groups is 1. The Morgan fingerprint density at radius 3 is 2.58 bits per heavy atom. The van der Waals surface area contributed by atoms with E-state index in [0.717, 1.165) is 17.7 Å². The Kier molecular flexibility index (Phi) is 5.52. The van der Waals surface area contributed by atoms with Crippen molar-refractivity contribution in [3.05, 3.63) is 34.4 Å². The highest BCUT2D eigenvalue weighted by molar-refractivity contribution is 8.00. The summed E-state index contributed by atoms with van der Waals surface area (Å²) in [7, 11) is 0. The van der Waals surface area contributed by atoms with Gasteiger partial charge in [-0.25, -0.2) is 0 Å². The van der Waals surface area contributed by atoms with Gasteiger partial charge >= 0.3 is 0 Å². The molecule has 5 heteroatoms. The topological polar surface area (TPSA) is 43.1 Å². The largest absolute Gasteiger partial charge is 0.282 e. The van der Waals surface area contributed by atoms with Gasteiger partial charge in [0.15, 0.2) is 0 Å². The molecule has 0 bridgehead atoms. The summed E-state index contributed by atoms with van der Waals surface area (Å²) in [6.45, 7) is 0. The number of para-hydroxylation sites is 1. The van der Waals surface area contributed by atoms with Crippen molar-refractivity contribution in [1.29, 1.82) is 0 Å². The molecule has 0 aromatic heterocycles. The van der Waals surface area contributed by atoms with Crippen LogP contribution < -0.4 is 0 Å². The Bertz CT molecular complexity index is 441. The van der Waals surface area contributed by atoms with Gasteiger partial charge in [0.2, 0.25) is 0 Å². The molecule has 0 heterocycles. The number of nitro benzene ring substituents is 1. The summed E-state index contributed by atoms with van der Waals surface area (Å²) >= 11 is 8.03. The fraction of sp³-hybridized carbons (Fsp3) is 0.571. The van der Waals surface area contributed by atoms with Crippen LogP contribution in [0, 0.1) is 10.1 Å². The van der Waals surface area contributed by atoms with Crippen molar-refractivity contribution < 1.29 is 4.92 Å². The maximum Gasteiger partial charge on any atom is 0.282 e.